The topological polar surface area (TPSA) is 73.3 Å². The van der Waals surface area contributed by atoms with Crippen molar-refractivity contribution in [1.82, 2.24) is 10.2 Å². The third-order valence-corrected chi connectivity index (χ3v) is 5.34. The number of nitrogens with one attached hydrogen (secondary N) is 1. The van der Waals surface area contributed by atoms with Gasteiger partial charge in [0.2, 0.25) is 17.8 Å². The zero-order chi connectivity index (χ0) is 16.1. The fourth-order valence-corrected chi connectivity index (χ4v) is 3.74. The molecule has 0 atom stereocenters. The van der Waals surface area contributed by atoms with E-state index in [0.29, 0.717) is 18.0 Å². The molecule has 1 aromatic carbocycles. The number of anilines is 1. The van der Waals surface area contributed by atoms with E-state index in [9.17, 15) is 4.79 Å². The number of nitrogens with zero attached hydrogens (tertiary/aromatic N) is 2. The van der Waals surface area contributed by atoms with E-state index in [4.69, 9.17) is 9.47 Å². The van der Waals surface area contributed by atoms with E-state index in [1.165, 1.54) is 11.3 Å². The van der Waals surface area contributed by atoms with E-state index in [1.807, 2.05) is 18.2 Å². The van der Waals surface area contributed by atoms with Gasteiger partial charge in [0.1, 0.15) is 0 Å². The minimum Gasteiger partial charge on any atom is -0.454 e. The summed E-state index contributed by atoms with van der Waals surface area (Å²) in [6, 6.07) is 5.74. The fraction of sp³-hybridized carbons (Fsp3) is 0.400. The number of thioether (sulfide) groups is 1. The molecule has 0 unspecified atom stereocenters. The molecule has 2 heterocycles. The normalized spacial score (nSPS) is 12.4. The molecule has 0 aliphatic carbocycles. The first-order chi connectivity index (χ1) is 11.2. The van der Waals surface area contributed by atoms with Gasteiger partial charge in [0.05, 0.1) is 0 Å². The standard InChI is InChI=1S/C15H17N3O3S2/c1-2-7-22-15-18-17-14(23-15)16-13(19)6-4-10-3-5-11-12(8-10)21-9-20-11/h3,5,8H,2,4,6-7,9H2,1H3,(H,16,17,19). The Morgan fingerprint density at radius 2 is 2.22 bits per heavy atom. The number of aromatic nitrogens is 2. The summed E-state index contributed by atoms with van der Waals surface area (Å²) in [4.78, 5) is 12.0. The maximum absolute atomic E-state index is 12.0. The molecule has 1 aliphatic rings. The lowest BCUT2D eigenvalue weighted by Crippen LogP contribution is -2.12. The van der Waals surface area contributed by atoms with Crippen LogP contribution in [0.15, 0.2) is 22.5 Å². The van der Waals surface area contributed by atoms with Crippen LogP contribution in [0.1, 0.15) is 25.3 Å². The summed E-state index contributed by atoms with van der Waals surface area (Å²) >= 11 is 3.07. The highest BCUT2D eigenvalue weighted by Gasteiger charge is 2.14. The van der Waals surface area contributed by atoms with Crippen LogP contribution in [-0.4, -0.2) is 28.7 Å². The van der Waals surface area contributed by atoms with Crippen molar-refractivity contribution in [1.29, 1.82) is 0 Å². The molecule has 0 radical (unpaired) electrons. The van der Waals surface area contributed by atoms with Gasteiger partial charge >= 0.3 is 0 Å². The van der Waals surface area contributed by atoms with Crippen LogP contribution < -0.4 is 14.8 Å². The predicted octanol–water partition coefficient (Wildman–Crippen LogP) is 3.34. The van der Waals surface area contributed by atoms with Crippen LogP contribution in [0.25, 0.3) is 0 Å². The Balaban J connectivity index is 1.48. The molecule has 6 nitrogen and oxygen atoms in total. The van der Waals surface area contributed by atoms with Crippen LogP contribution in [0.3, 0.4) is 0 Å². The second kappa shape index (κ2) is 7.65. The number of carbonyl (C=O) groups is 1. The first-order valence-corrected chi connectivity index (χ1v) is 9.19. The number of hydrogen-bond donors (Lipinski definition) is 1. The summed E-state index contributed by atoms with van der Waals surface area (Å²) in [7, 11) is 0. The van der Waals surface area contributed by atoms with Crippen LogP contribution in [0.5, 0.6) is 11.5 Å². The van der Waals surface area contributed by atoms with Crippen molar-refractivity contribution in [2.45, 2.75) is 30.5 Å². The average molecular weight is 351 g/mol. The van der Waals surface area contributed by atoms with Gasteiger partial charge < -0.3 is 14.8 Å². The van der Waals surface area contributed by atoms with Gasteiger partial charge in [-0.1, -0.05) is 36.1 Å². The van der Waals surface area contributed by atoms with Gasteiger partial charge in [-0.3, -0.25) is 4.79 Å². The molecular formula is C15H17N3O3S2. The minimum atomic E-state index is -0.0640. The molecule has 1 amide bonds. The quantitative estimate of drug-likeness (QED) is 0.609. The lowest BCUT2D eigenvalue weighted by molar-refractivity contribution is -0.116. The third kappa shape index (κ3) is 4.35. The Bertz CT molecular complexity index is 690. The van der Waals surface area contributed by atoms with Crippen molar-refractivity contribution in [3.63, 3.8) is 0 Å². The van der Waals surface area contributed by atoms with Crippen LogP contribution in [0, 0.1) is 0 Å². The van der Waals surface area contributed by atoms with E-state index in [-0.39, 0.29) is 12.7 Å². The van der Waals surface area contributed by atoms with E-state index in [1.54, 1.807) is 11.8 Å². The minimum absolute atomic E-state index is 0.0640. The Kier molecular flexibility index (Phi) is 5.35. The number of rotatable bonds is 7. The highest BCUT2D eigenvalue weighted by Crippen LogP contribution is 2.32. The van der Waals surface area contributed by atoms with Gasteiger partial charge in [0.25, 0.3) is 0 Å². The van der Waals surface area contributed by atoms with Gasteiger partial charge in [0, 0.05) is 12.2 Å². The van der Waals surface area contributed by atoms with Gasteiger partial charge in [-0.25, -0.2) is 0 Å². The number of fused-ring (bicyclic) bond motifs is 1. The maximum Gasteiger partial charge on any atom is 0.231 e. The van der Waals surface area contributed by atoms with Gasteiger partial charge in [-0.15, -0.1) is 10.2 Å². The molecule has 3 rings (SSSR count). The zero-order valence-corrected chi connectivity index (χ0v) is 14.3. The number of hydrogen-bond acceptors (Lipinski definition) is 7. The third-order valence-electron chi connectivity index (χ3n) is 3.16. The highest BCUT2D eigenvalue weighted by molar-refractivity contribution is 8.01. The van der Waals surface area contributed by atoms with Crippen molar-refractivity contribution in [3.8, 4) is 11.5 Å². The molecule has 1 N–H and O–H groups in total. The van der Waals surface area contributed by atoms with Gasteiger partial charge in [-0.2, -0.15) is 0 Å². The van der Waals surface area contributed by atoms with Crippen molar-refractivity contribution in [2.24, 2.45) is 0 Å². The van der Waals surface area contributed by atoms with Gasteiger partial charge in [0.15, 0.2) is 15.8 Å². The Hall–Kier alpha value is -1.80. The zero-order valence-electron chi connectivity index (χ0n) is 12.7. The van der Waals surface area contributed by atoms with E-state index >= 15 is 0 Å². The lowest BCUT2D eigenvalue weighted by Gasteiger charge is -2.03. The average Bonchev–Trinajstić information content (AvgIpc) is 3.19. The summed E-state index contributed by atoms with van der Waals surface area (Å²) in [5.41, 5.74) is 1.04. The largest absolute Gasteiger partial charge is 0.454 e. The van der Waals surface area contributed by atoms with Crippen molar-refractivity contribution < 1.29 is 14.3 Å². The first kappa shape index (κ1) is 16.1. The second-order valence-electron chi connectivity index (χ2n) is 4.96. The number of ether oxygens (including phenoxy) is 2. The van der Waals surface area contributed by atoms with E-state index < -0.39 is 0 Å². The lowest BCUT2D eigenvalue weighted by atomic mass is 10.1. The summed E-state index contributed by atoms with van der Waals surface area (Å²) < 4.78 is 11.5. The molecule has 0 saturated heterocycles. The summed E-state index contributed by atoms with van der Waals surface area (Å²) in [6.07, 6.45) is 2.11. The molecule has 2 aromatic rings. The molecular weight excluding hydrogens is 334 g/mol. The molecule has 1 aromatic heterocycles. The molecule has 0 bridgehead atoms. The molecule has 23 heavy (non-hydrogen) atoms. The van der Waals surface area contributed by atoms with E-state index in [2.05, 4.69) is 22.4 Å². The Labute approximate surface area is 142 Å². The van der Waals surface area contributed by atoms with Crippen LogP contribution in [0.2, 0.25) is 0 Å². The number of carbonyl (C=O) groups excluding carboxylic acids is 1. The van der Waals surface area contributed by atoms with Crippen molar-refractivity contribution in [2.75, 3.05) is 17.9 Å². The van der Waals surface area contributed by atoms with Crippen molar-refractivity contribution in [3.05, 3.63) is 23.8 Å². The molecule has 0 saturated carbocycles. The first-order valence-electron chi connectivity index (χ1n) is 7.39. The molecule has 8 heteroatoms. The van der Waals surface area contributed by atoms with Crippen LogP contribution >= 0.6 is 23.1 Å². The smallest absolute Gasteiger partial charge is 0.231 e. The fourth-order valence-electron chi connectivity index (χ4n) is 2.04. The number of amides is 1. The number of aryl methyl sites for hydroxylation is 1. The highest BCUT2D eigenvalue weighted by atomic mass is 32.2. The Morgan fingerprint density at radius 1 is 1.35 bits per heavy atom. The molecule has 1 aliphatic heterocycles. The maximum atomic E-state index is 12.0. The van der Waals surface area contributed by atoms with Crippen molar-refractivity contribution >= 4 is 34.1 Å². The predicted molar refractivity (Wildman–Crippen MR) is 90.4 cm³/mol. The summed E-state index contributed by atoms with van der Waals surface area (Å²) in [5.74, 6) is 2.44. The molecule has 0 fully saturated rings. The Morgan fingerprint density at radius 3 is 3.09 bits per heavy atom. The SMILES string of the molecule is CCCSc1nnc(NC(=O)CCc2ccc3c(c2)OCO3)s1. The molecule has 122 valence electrons. The van der Waals surface area contributed by atoms with E-state index in [0.717, 1.165) is 33.6 Å². The van der Waals surface area contributed by atoms with Gasteiger partial charge in [-0.05, 0) is 30.5 Å². The number of benzene rings is 1. The summed E-state index contributed by atoms with van der Waals surface area (Å²) in [5, 5.41) is 11.4. The monoisotopic (exact) mass is 351 g/mol. The second-order valence-corrected chi connectivity index (χ2v) is 7.28. The van der Waals surface area contributed by atoms with Crippen LogP contribution in [-0.2, 0) is 11.2 Å². The summed E-state index contributed by atoms with van der Waals surface area (Å²) in [6.45, 7) is 2.38. The molecule has 0 spiro atoms. The van der Waals surface area contributed by atoms with Crippen LogP contribution in [0.4, 0.5) is 5.13 Å².